The van der Waals surface area contributed by atoms with Gasteiger partial charge >= 0.3 is 0 Å². The third kappa shape index (κ3) is 2.72. The number of hydrogen-bond donors (Lipinski definition) is 0. The number of hydrogen-bond acceptors (Lipinski definition) is 1. The number of benzene rings is 1. The van der Waals surface area contributed by atoms with E-state index in [4.69, 9.17) is 0 Å². The Morgan fingerprint density at radius 2 is 2.00 bits per heavy atom. The lowest BCUT2D eigenvalue weighted by atomic mass is 10.1. The first-order valence-corrected chi connectivity index (χ1v) is 5.38. The Labute approximate surface area is 88.4 Å². The number of carbonyl (C=O) groups is 1. The fraction of sp³-hybridized carbons (Fsp3) is 0.222. The maximum absolute atomic E-state index is 10.6. The lowest BCUT2D eigenvalue weighted by Gasteiger charge is -2.04. The highest BCUT2D eigenvalue weighted by atomic mass is 79.9. The van der Waals surface area contributed by atoms with Crippen molar-refractivity contribution in [1.82, 2.24) is 0 Å². The van der Waals surface area contributed by atoms with Gasteiger partial charge in [-0.05, 0) is 12.0 Å². The van der Waals surface area contributed by atoms with Gasteiger partial charge in [0.25, 0.3) is 0 Å². The summed E-state index contributed by atoms with van der Waals surface area (Å²) in [4.78, 5) is 10.6. The zero-order valence-electron chi connectivity index (χ0n) is 6.34. The smallest absolute Gasteiger partial charge is 0.150 e. The highest BCUT2D eigenvalue weighted by Gasteiger charge is 2.04. The Bertz CT molecular complexity index is 271. The van der Waals surface area contributed by atoms with E-state index in [1.165, 1.54) is 0 Å². The van der Waals surface area contributed by atoms with Crippen LogP contribution in [0.5, 0.6) is 0 Å². The van der Waals surface area contributed by atoms with E-state index in [0.29, 0.717) is 0 Å². The molecule has 3 heteroatoms. The van der Waals surface area contributed by atoms with Crippen molar-refractivity contribution in [2.75, 3.05) is 0 Å². The Hall–Kier alpha value is -0.150. The van der Waals surface area contributed by atoms with Gasteiger partial charge in [-0.15, -0.1) is 0 Å². The molecule has 0 atom stereocenters. The van der Waals surface area contributed by atoms with Crippen LogP contribution in [0.3, 0.4) is 0 Å². The largest absolute Gasteiger partial charge is 0.298 e. The monoisotopic (exact) mass is 290 g/mol. The van der Waals surface area contributed by atoms with E-state index >= 15 is 0 Å². The minimum Gasteiger partial charge on any atom is -0.298 e. The molecule has 0 aliphatic heterocycles. The predicted molar refractivity (Wildman–Crippen MR) is 57.2 cm³/mol. The first-order chi connectivity index (χ1) is 5.74. The summed E-state index contributed by atoms with van der Waals surface area (Å²) in [6.07, 6.45) is 1.70. The maximum atomic E-state index is 10.6. The van der Waals surface area contributed by atoms with Crippen molar-refractivity contribution >= 4 is 38.1 Å². The molecule has 0 bridgehead atoms. The van der Waals surface area contributed by atoms with Gasteiger partial charge < -0.3 is 0 Å². The lowest BCUT2D eigenvalue weighted by Crippen LogP contribution is -1.97. The quantitative estimate of drug-likeness (QED) is 0.618. The average Bonchev–Trinajstić information content (AvgIpc) is 2.04. The van der Waals surface area contributed by atoms with Gasteiger partial charge in [-0.2, -0.15) is 0 Å². The molecule has 64 valence electrons. The summed E-state index contributed by atoms with van der Waals surface area (Å²) in [6, 6.07) is 7.58. The molecule has 0 N–H and O–H groups in total. The Balaban J connectivity index is 2.89. The summed E-state index contributed by atoms with van der Waals surface area (Å²) < 4.78 is 0.228. The highest BCUT2D eigenvalue weighted by molar-refractivity contribution is 9.24. The fourth-order valence-electron chi connectivity index (χ4n) is 1.00. The molecular formula is C9H8Br2O. The molecule has 0 fully saturated rings. The molecule has 1 aromatic rings. The second-order valence-electron chi connectivity index (χ2n) is 2.41. The van der Waals surface area contributed by atoms with Crippen LogP contribution >= 0.6 is 31.9 Å². The second-order valence-corrected chi connectivity index (χ2v) is 5.85. The lowest BCUT2D eigenvalue weighted by molar-refractivity contribution is 0.112. The van der Waals surface area contributed by atoms with Crippen molar-refractivity contribution in [2.24, 2.45) is 0 Å². The molecule has 1 rings (SSSR count). The molecule has 0 aliphatic carbocycles. The van der Waals surface area contributed by atoms with Gasteiger partial charge in [0.1, 0.15) is 6.29 Å². The van der Waals surface area contributed by atoms with Crippen LogP contribution < -0.4 is 0 Å². The molecule has 0 saturated carbocycles. The Morgan fingerprint density at radius 1 is 1.33 bits per heavy atom. The maximum Gasteiger partial charge on any atom is 0.150 e. The van der Waals surface area contributed by atoms with Gasteiger partial charge in [0.2, 0.25) is 0 Å². The molecular weight excluding hydrogens is 284 g/mol. The van der Waals surface area contributed by atoms with Crippen molar-refractivity contribution in [3.8, 4) is 0 Å². The number of halogens is 2. The van der Waals surface area contributed by atoms with E-state index in [0.717, 1.165) is 23.8 Å². The zero-order chi connectivity index (χ0) is 8.97. The van der Waals surface area contributed by atoms with E-state index < -0.39 is 0 Å². The van der Waals surface area contributed by atoms with Crippen molar-refractivity contribution < 1.29 is 4.79 Å². The first-order valence-electron chi connectivity index (χ1n) is 3.55. The third-order valence-electron chi connectivity index (χ3n) is 1.56. The van der Waals surface area contributed by atoms with E-state index in [2.05, 4.69) is 31.9 Å². The summed E-state index contributed by atoms with van der Waals surface area (Å²) >= 11 is 6.75. The summed E-state index contributed by atoms with van der Waals surface area (Å²) in [7, 11) is 0. The number of carbonyl (C=O) groups excluding carboxylic acids is 1. The summed E-state index contributed by atoms with van der Waals surface area (Å²) in [5.74, 6) is 0. The van der Waals surface area contributed by atoms with E-state index in [1.807, 2.05) is 24.3 Å². The van der Waals surface area contributed by atoms with Crippen molar-refractivity contribution in [3.63, 3.8) is 0 Å². The molecule has 1 nitrogen and oxygen atoms in total. The van der Waals surface area contributed by atoms with Crippen LogP contribution in [-0.2, 0) is 6.42 Å². The standard InChI is InChI=1S/C9H8Br2O/c10-9(11)5-7-3-1-2-4-8(7)6-12/h1-4,6,9H,5H2. The highest BCUT2D eigenvalue weighted by Crippen LogP contribution is 2.17. The molecule has 0 saturated heterocycles. The van der Waals surface area contributed by atoms with E-state index in [9.17, 15) is 4.79 Å². The van der Waals surface area contributed by atoms with Crippen LogP contribution in [0, 0.1) is 0 Å². The number of rotatable bonds is 3. The Morgan fingerprint density at radius 3 is 2.58 bits per heavy atom. The van der Waals surface area contributed by atoms with Gasteiger partial charge in [-0.25, -0.2) is 0 Å². The van der Waals surface area contributed by atoms with E-state index in [-0.39, 0.29) is 3.74 Å². The van der Waals surface area contributed by atoms with Crippen LogP contribution in [0.1, 0.15) is 15.9 Å². The summed E-state index contributed by atoms with van der Waals surface area (Å²) in [5, 5.41) is 0. The van der Waals surface area contributed by atoms with Crippen LogP contribution in [0.15, 0.2) is 24.3 Å². The molecule has 12 heavy (non-hydrogen) atoms. The third-order valence-corrected chi connectivity index (χ3v) is 2.20. The molecule has 0 aliphatic rings. The van der Waals surface area contributed by atoms with Crippen LogP contribution in [-0.4, -0.2) is 10.0 Å². The zero-order valence-corrected chi connectivity index (χ0v) is 9.51. The van der Waals surface area contributed by atoms with Gasteiger partial charge in [0, 0.05) is 5.56 Å². The summed E-state index contributed by atoms with van der Waals surface area (Å²) in [6.45, 7) is 0. The van der Waals surface area contributed by atoms with E-state index in [1.54, 1.807) is 0 Å². The molecule has 0 aromatic heterocycles. The molecule has 0 amide bonds. The van der Waals surface area contributed by atoms with Crippen LogP contribution in [0.2, 0.25) is 0 Å². The first kappa shape index (κ1) is 9.93. The topological polar surface area (TPSA) is 17.1 Å². The average molecular weight is 292 g/mol. The van der Waals surface area contributed by atoms with Gasteiger partial charge in [0.15, 0.2) is 0 Å². The van der Waals surface area contributed by atoms with Crippen molar-refractivity contribution in [2.45, 2.75) is 10.2 Å². The second kappa shape index (κ2) is 4.77. The number of aldehydes is 1. The molecule has 0 spiro atoms. The SMILES string of the molecule is O=Cc1ccccc1CC(Br)Br. The molecule has 0 radical (unpaired) electrons. The van der Waals surface area contributed by atoms with Crippen molar-refractivity contribution in [3.05, 3.63) is 35.4 Å². The minimum atomic E-state index is 0.228. The summed E-state index contributed by atoms with van der Waals surface area (Å²) in [5.41, 5.74) is 1.83. The predicted octanol–water partition coefficient (Wildman–Crippen LogP) is 3.16. The normalized spacial score (nSPS) is 10.2. The van der Waals surface area contributed by atoms with Crippen LogP contribution in [0.25, 0.3) is 0 Å². The Kier molecular flexibility index (Phi) is 3.95. The van der Waals surface area contributed by atoms with Gasteiger partial charge in [0.05, 0.1) is 3.74 Å². The molecule has 0 heterocycles. The van der Waals surface area contributed by atoms with Crippen LogP contribution in [0.4, 0.5) is 0 Å². The van der Waals surface area contributed by atoms with Gasteiger partial charge in [-0.3, -0.25) is 4.79 Å². The van der Waals surface area contributed by atoms with Crippen molar-refractivity contribution in [1.29, 1.82) is 0 Å². The van der Waals surface area contributed by atoms with Gasteiger partial charge in [-0.1, -0.05) is 56.1 Å². The minimum absolute atomic E-state index is 0.228. The molecule has 0 unspecified atom stereocenters. The number of alkyl halides is 2. The molecule has 1 aromatic carbocycles. The fourth-order valence-corrected chi connectivity index (χ4v) is 1.70.